The Kier molecular flexibility index (Phi) is 10.3. The van der Waals surface area contributed by atoms with Crippen LogP contribution in [0.1, 0.15) is 70.9 Å². The number of nitrogens with one attached hydrogen (secondary N) is 3. The summed E-state index contributed by atoms with van der Waals surface area (Å²) < 4.78 is 20.4. The zero-order chi connectivity index (χ0) is 33.8. The van der Waals surface area contributed by atoms with Gasteiger partial charge in [-0.05, 0) is 87.9 Å². The lowest BCUT2D eigenvalue weighted by atomic mass is 9.91. The van der Waals surface area contributed by atoms with Crippen molar-refractivity contribution in [3.05, 3.63) is 87.8 Å². The van der Waals surface area contributed by atoms with E-state index in [1.807, 2.05) is 37.3 Å². The molecule has 252 valence electrons. The first-order chi connectivity index (χ1) is 23.1. The maximum atomic E-state index is 14.3. The predicted molar refractivity (Wildman–Crippen MR) is 183 cm³/mol. The minimum Gasteiger partial charge on any atom is -0.508 e. The van der Waals surface area contributed by atoms with Crippen LogP contribution in [0.25, 0.3) is 11.1 Å². The molecule has 4 N–H and O–H groups in total. The van der Waals surface area contributed by atoms with E-state index in [2.05, 4.69) is 44.7 Å². The molecule has 48 heavy (non-hydrogen) atoms. The molecule has 2 aromatic heterocycles. The number of carbonyl (C=O) groups is 2. The average molecular weight is 673 g/mol. The number of phenols is 1. The lowest BCUT2D eigenvalue weighted by Crippen LogP contribution is -2.53. The fourth-order valence-electron chi connectivity index (χ4n) is 6.60. The Morgan fingerprint density at radius 3 is 2.38 bits per heavy atom. The molecule has 2 amide bonds. The average Bonchev–Trinajstić information content (AvgIpc) is 3.50. The number of halogens is 1. The number of benzene rings is 2. The summed E-state index contributed by atoms with van der Waals surface area (Å²) in [5, 5.41) is 22.8. The van der Waals surface area contributed by atoms with E-state index < -0.39 is 11.7 Å². The summed E-state index contributed by atoms with van der Waals surface area (Å²) in [6, 6.07) is 14.7. The Labute approximate surface area is 283 Å². The number of hydrogen-bond donors (Lipinski definition) is 4. The number of amides is 2. The molecule has 3 heterocycles. The maximum Gasteiger partial charge on any atom is 0.270 e. The van der Waals surface area contributed by atoms with E-state index in [1.165, 1.54) is 11.3 Å². The van der Waals surface area contributed by atoms with Gasteiger partial charge in [0, 0.05) is 54.7 Å². The Hall–Kier alpha value is -4.39. The smallest absolute Gasteiger partial charge is 0.270 e. The van der Waals surface area contributed by atoms with Crippen molar-refractivity contribution in [1.82, 2.24) is 30.8 Å². The van der Waals surface area contributed by atoms with Gasteiger partial charge in [-0.1, -0.05) is 18.2 Å². The highest BCUT2D eigenvalue weighted by atomic mass is 32.1. The van der Waals surface area contributed by atoms with E-state index in [0.29, 0.717) is 55.8 Å². The minimum atomic E-state index is -0.644. The number of carbonyl (C=O) groups excluding carboxylic acids is 2. The Morgan fingerprint density at radius 2 is 1.69 bits per heavy atom. The molecular weight excluding hydrogens is 631 g/mol. The molecule has 2 aliphatic rings. The lowest BCUT2D eigenvalue weighted by Gasteiger charge is -2.36. The van der Waals surface area contributed by atoms with Crippen LogP contribution in [0.4, 0.5) is 4.39 Å². The number of aromatic hydroxyl groups is 1. The molecule has 0 radical (unpaired) electrons. The van der Waals surface area contributed by atoms with Crippen LogP contribution in [0, 0.1) is 12.7 Å². The fourth-order valence-corrected chi connectivity index (χ4v) is 7.19. The summed E-state index contributed by atoms with van der Waals surface area (Å²) >= 11 is 1.44. The highest BCUT2D eigenvalue weighted by Crippen LogP contribution is 2.32. The topological polar surface area (TPSA) is 129 Å². The third kappa shape index (κ3) is 8.36. The minimum absolute atomic E-state index is 0.00102. The van der Waals surface area contributed by atoms with Crippen LogP contribution in [0.2, 0.25) is 0 Å². The molecule has 0 spiro atoms. The number of pyridine rings is 1. The summed E-state index contributed by atoms with van der Waals surface area (Å²) in [6.07, 6.45) is 3.75. The van der Waals surface area contributed by atoms with E-state index in [0.717, 1.165) is 47.1 Å². The second kappa shape index (κ2) is 14.8. The number of aromatic nitrogens is 2. The number of aryl methyl sites for hydroxylation is 1. The van der Waals surface area contributed by atoms with E-state index >= 15 is 0 Å². The molecule has 0 bridgehead atoms. The molecule has 6 rings (SSSR count). The Bertz CT molecular complexity index is 1760. The number of nitrogens with zero attached hydrogens (tertiary/aromatic N) is 3. The standard InChI is InChI=1S/C36H41FN6O4S/c1-21-17-43(18-22(2)39-21)19-26-13-25(7-12-33(26)44)24-5-4-6-30(14-24)47-36-31(15-27(37)16-38-36)34(45)41-28-8-10-29(11-9-28)42-35(46)32-20-48-23(3)40-32/h4-7,12-16,20-22,28-29,39,44H,8-11,17-19H2,1-3H3,(H,41,45)(H,42,46)/t21-,22+,28?,29?. The van der Waals surface area contributed by atoms with Crippen LogP contribution < -0.4 is 20.7 Å². The van der Waals surface area contributed by atoms with Gasteiger partial charge in [0.05, 0.1) is 11.2 Å². The lowest BCUT2D eigenvalue weighted by molar-refractivity contribution is 0.0888. The quantitative estimate of drug-likeness (QED) is 0.176. The summed E-state index contributed by atoms with van der Waals surface area (Å²) in [5.74, 6) is -0.618. The summed E-state index contributed by atoms with van der Waals surface area (Å²) in [6.45, 7) is 8.60. The molecule has 10 nitrogen and oxygen atoms in total. The monoisotopic (exact) mass is 672 g/mol. The van der Waals surface area contributed by atoms with Crippen molar-refractivity contribution in [3.63, 3.8) is 0 Å². The van der Waals surface area contributed by atoms with Crippen molar-refractivity contribution in [1.29, 1.82) is 0 Å². The van der Waals surface area contributed by atoms with Gasteiger partial charge in [0.15, 0.2) is 0 Å². The summed E-state index contributed by atoms with van der Waals surface area (Å²) in [4.78, 5) is 36.6. The molecule has 12 heteroatoms. The van der Waals surface area contributed by atoms with Crippen molar-refractivity contribution in [2.45, 2.75) is 77.2 Å². The number of hydrogen-bond acceptors (Lipinski definition) is 9. The van der Waals surface area contributed by atoms with Crippen LogP contribution in [-0.2, 0) is 6.54 Å². The van der Waals surface area contributed by atoms with E-state index in [1.54, 1.807) is 17.5 Å². The molecule has 0 unspecified atom stereocenters. The fraction of sp³-hybridized carbons (Fsp3) is 0.389. The van der Waals surface area contributed by atoms with Gasteiger partial charge in [0.2, 0.25) is 5.88 Å². The number of phenolic OH excluding ortho intramolecular Hbond substituents is 1. The van der Waals surface area contributed by atoms with E-state index in [-0.39, 0.29) is 35.2 Å². The van der Waals surface area contributed by atoms with Crippen molar-refractivity contribution in [2.75, 3.05) is 13.1 Å². The number of thiazole rings is 1. The van der Waals surface area contributed by atoms with E-state index in [4.69, 9.17) is 4.74 Å². The molecular formula is C36H41FN6O4S. The Morgan fingerprint density at radius 1 is 1.00 bits per heavy atom. The van der Waals surface area contributed by atoms with Crippen molar-refractivity contribution in [3.8, 4) is 28.5 Å². The Balaban J connectivity index is 1.10. The second-order valence-corrected chi connectivity index (χ2v) is 14.0. The first-order valence-corrected chi connectivity index (χ1v) is 17.3. The molecule has 1 saturated carbocycles. The van der Waals surface area contributed by atoms with Gasteiger partial charge < -0.3 is 25.8 Å². The van der Waals surface area contributed by atoms with Crippen molar-refractivity contribution < 1.29 is 23.8 Å². The molecule has 1 saturated heterocycles. The van der Waals surface area contributed by atoms with Crippen LogP contribution >= 0.6 is 11.3 Å². The van der Waals surface area contributed by atoms with Gasteiger partial charge in [-0.2, -0.15) is 0 Å². The van der Waals surface area contributed by atoms with Gasteiger partial charge in [0.1, 0.15) is 28.6 Å². The van der Waals surface area contributed by atoms with E-state index in [9.17, 15) is 19.1 Å². The third-order valence-electron chi connectivity index (χ3n) is 8.80. The number of rotatable bonds is 9. The SMILES string of the molecule is Cc1nc(C(=O)NC2CCC(NC(=O)c3cc(F)cnc3Oc3cccc(-c4ccc(O)c(CN5C[C@@H](C)N[C@@H](C)C5)c4)c3)CC2)cs1. The third-order valence-corrected chi connectivity index (χ3v) is 9.57. The second-order valence-electron chi connectivity index (χ2n) is 12.9. The first-order valence-electron chi connectivity index (χ1n) is 16.4. The van der Waals surface area contributed by atoms with Crippen LogP contribution in [0.5, 0.6) is 17.4 Å². The summed E-state index contributed by atoms with van der Waals surface area (Å²) in [7, 11) is 0. The molecule has 2 fully saturated rings. The van der Waals surface area contributed by atoms with Gasteiger partial charge in [-0.25, -0.2) is 14.4 Å². The molecule has 2 aromatic carbocycles. The summed E-state index contributed by atoms with van der Waals surface area (Å²) in [5.41, 5.74) is 3.03. The largest absolute Gasteiger partial charge is 0.508 e. The van der Waals surface area contributed by atoms with Gasteiger partial charge in [-0.15, -0.1) is 11.3 Å². The normalized spacial score (nSPS) is 21.4. The van der Waals surface area contributed by atoms with Gasteiger partial charge in [0.25, 0.3) is 11.8 Å². The van der Waals surface area contributed by atoms with Crippen LogP contribution in [0.15, 0.2) is 60.1 Å². The zero-order valence-corrected chi connectivity index (χ0v) is 28.1. The molecule has 1 aliphatic carbocycles. The highest BCUT2D eigenvalue weighted by Gasteiger charge is 2.27. The highest BCUT2D eigenvalue weighted by molar-refractivity contribution is 7.09. The maximum absolute atomic E-state index is 14.3. The zero-order valence-electron chi connectivity index (χ0n) is 27.3. The number of piperazine rings is 1. The van der Waals surface area contributed by atoms with Gasteiger partial charge in [-0.3, -0.25) is 14.5 Å². The molecule has 1 aliphatic heterocycles. The molecule has 2 atom stereocenters. The molecule has 4 aromatic rings. The number of ether oxygens (including phenoxy) is 1. The van der Waals surface area contributed by atoms with Crippen molar-refractivity contribution >= 4 is 23.2 Å². The van der Waals surface area contributed by atoms with Crippen LogP contribution in [-0.4, -0.2) is 69.0 Å². The van der Waals surface area contributed by atoms with Crippen molar-refractivity contribution in [2.24, 2.45) is 0 Å². The van der Waals surface area contributed by atoms with Gasteiger partial charge >= 0.3 is 0 Å². The first kappa shape index (κ1) is 33.5. The van der Waals surface area contributed by atoms with Crippen LogP contribution in [0.3, 0.4) is 0 Å². The predicted octanol–water partition coefficient (Wildman–Crippen LogP) is 5.80.